The molecule has 0 unspecified atom stereocenters. The van der Waals surface area contributed by atoms with E-state index >= 15 is 0 Å². The highest BCUT2D eigenvalue weighted by Gasteiger charge is 2.10. The van der Waals surface area contributed by atoms with Gasteiger partial charge in [-0.25, -0.2) is 9.98 Å². The van der Waals surface area contributed by atoms with Crippen LogP contribution in [0, 0.1) is 6.92 Å². The van der Waals surface area contributed by atoms with Crippen LogP contribution in [0.3, 0.4) is 0 Å². The quantitative estimate of drug-likeness (QED) is 0.264. The van der Waals surface area contributed by atoms with Crippen molar-refractivity contribution in [3.8, 4) is 5.75 Å². The number of imidazole rings is 1. The van der Waals surface area contributed by atoms with E-state index in [1.807, 2.05) is 44.6 Å². The molecule has 1 aromatic heterocycles. The van der Waals surface area contributed by atoms with E-state index < -0.39 is 0 Å². The van der Waals surface area contributed by atoms with Crippen molar-refractivity contribution in [1.82, 2.24) is 19.8 Å². The number of aryl methyl sites for hydroxylation is 1. The van der Waals surface area contributed by atoms with Crippen LogP contribution < -0.4 is 10.1 Å². The molecule has 166 valence electrons. The molecule has 3 aromatic rings. The number of rotatable bonds is 8. The predicted octanol–water partition coefficient (Wildman–Crippen LogP) is 4.46. The Bertz CT molecular complexity index is 985. The minimum Gasteiger partial charge on any atom is -0.496 e. The Morgan fingerprint density at radius 3 is 2.65 bits per heavy atom. The zero-order valence-electron chi connectivity index (χ0n) is 18.7. The number of halogens is 1. The SMILES string of the molecule is CCNC(=NCc1cccc(Cn2ccnc2C)c1)N(C)Cc1ccccc1OC.I. The number of para-hydroxylation sites is 1. The molecule has 2 aromatic carbocycles. The number of hydrogen-bond acceptors (Lipinski definition) is 3. The van der Waals surface area contributed by atoms with Gasteiger partial charge in [0.15, 0.2) is 5.96 Å². The monoisotopic (exact) mass is 533 g/mol. The molecule has 0 spiro atoms. The zero-order valence-corrected chi connectivity index (χ0v) is 21.0. The van der Waals surface area contributed by atoms with Crippen LogP contribution in [0.25, 0.3) is 0 Å². The summed E-state index contributed by atoms with van der Waals surface area (Å²) in [4.78, 5) is 11.3. The van der Waals surface area contributed by atoms with Gasteiger partial charge >= 0.3 is 0 Å². The summed E-state index contributed by atoms with van der Waals surface area (Å²) >= 11 is 0. The Balaban J connectivity index is 0.00000341. The maximum Gasteiger partial charge on any atom is 0.194 e. The van der Waals surface area contributed by atoms with Gasteiger partial charge in [-0.1, -0.05) is 42.5 Å². The Labute approximate surface area is 202 Å². The van der Waals surface area contributed by atoms with E-state index in [0.717, 1.165) is 42.7 Å². The normalized spacial score (nSPS) is 11.0. The van der Waals surface area contributed by atoms with Crippen LogP contribution in [0.15, 0.2) is 65.9 Å². The molecule has 0 aliphatic carbocycles. The fourth-order valence-corrected chi connectivity index (χ4v) is 3.39. The first-order chi connectivity index (χ1) is 14.6. The van der Waals surface area contributed by atoms with Crippen molar-refractivity contribution in [1.29, 1.82) is 0 Å². The second-order valence-electron chi connectivity index (χ2n) is 7.26. The van der Waals surface area contributed by atoms with Crippen molar-refractivity contribution in [2.75, 3.05) is 20.7 Å². The van der Waals surface area contributed by atoms with Gasteiger partial charge in [0.05, 0.1) is 13.7 Å². The molecule has 0 saturated heterocycles. The third-order valence-electron chi connectivity index (χ3n) is 4.98. The maximum atomic E-state index is 5.49. The summed E-state index contributed by atoms with van der Waals surface area (Å²) in [5, 5.41) is 3.39. The number of ether oxygens (including phenoxy) is 1. The van der Waals surface area contributed by atoms with Gasteiger partial charge in [-0.15, -0.1) is 24.0 Å². The zero-order chi connectivity index (χ0) is 21.3. The number of hydrogen-bond donors (Lipinski definition) is 1. The smallest absolute Gasteiger partial charge is 0.194 e. The molecular formula is C24H32IN5O. The number of nitrogens with one attached hydrogen (secondary N) is 1. The molecule has 0 fully saturated rings. The van der Waals surface area contributed by atoms with Gasteiger partial charge in [-0.2, -0.15) is 0 Å². The van der Waals surface area contributed by atoms with E-state index in [-0.39, 0.29) is 24.0 Å². The molecule has 6 nitrogen and oxygen atoms in total. The highest BCUT2D eigenvalue weighted by atomic mass is 127. The minimum absolute atomic E-state index is 0. The number of methoxy groups -OCH3 is 1. The number of benzene rings is 2. The number of aliphatic imine (C=N–C) groups is 1. The molecular weight excluding hydrogens is 501 g/mol. The second-order valence-corrected chi connectivity index (χ2v) is 7.26. The molecule has 1 N–H and O–H groups in total. The lowest BCUT2D eigenvalue weighted by atomic mass is 10.1. The molecule has 0 amide bonds. The van der Waals surface area contributed by atoms with Crippen molar-refractivity contribution in [2.45, 2.75) is 33.5 Å². The standard InChI is InChI=1S/C24H31N5O.HI/c1-5-25-24(28(3)18-22-11-6-7-12-23(22)30-4)27-16-20-9-8-10-21(15-20)17-29-14-13-26-19(29)2;/h6-15H,5,16-18H2,1-4H3,(H,25,27);1H. The van der Waals surface area contributed by atoms with Gasteiger partial charge in [0, 0.05) is 44.6 Å². The summed E-state index contributed by atoms with van der Waals surface area (Å²) < 4.78 is 7.63. The van der Waals surface area contributed by atoms with E-state index in [1.54, 1.807) is 7.11 Å². The largest absolute Gasteiger partial charge is 0.496 e. The minimum atomic E-state index is 0. The van der Waals surface area contributed by atoms with Crippen molar-refractivity contribution in [2.24, 2.45) is 4.99 Å². The lowest BCUT2D eigenvalue weighted by molar-refractivity contribution is 0.396. The second kappa shape index (κ2) is 12.3. The van der Waals surface area contributed by atoms with Crippen LogP contribution in [0.1, 0.15) is 29.4 Å². The van der Waals surface area contributed by atoms with Crippen molar-refractivity contribution in [3.05, 3.63) is 83.4 Å². The van der Waals surface area contributed by atoms with Crippen LogP contribution in [-0.4, -0.2) is 41.1 Å². The first kappa shape index (κ1) is 24.7. The molecule has 0 atom stereocenters. The van der Waals surface area contributed by atoms with Gasteiger partial charge in [0.2, 0.25) is 0 Å². The molecule has 0 aliphatic rings. The van der Waals surface area contributed by atoms with Gasteiger partial charge in [0.25, 0.3) is 0 Å². The summed E-state index contributed by atoms with van der Waals surface area (Å²) in [5.41, 5.74) is 3.56. The Morgan fingerprint density at radius 1 is 1.16 bits per heavy atom. The molecule has 1 heterocycles. The average molecular weight is 533 g/mol. The van der Waals surface area contributed by atoms with Gasteiger partial charge < -0.3 is 19.5 Å². The summed E-state index contributed by atoms with van der Waals surface area (Å²) in [6.45, 7) is 7.08. The van der Waals surface area contributed by atoms with E-state index in [1.165, 1.54) is 11.1 Å². The lowest BCUT2D eigenvalue weighted by Crippen LogP contribution is -2.38. The highest BCUT2D eigenvalue weighted by Crippen LogP contribution is 2.19. The van der Waals surface area contributed by atoms with Crippen molar-refractivity contribution in [3.63, 3.8) is 0 Å². The Hall–Kier alpha value is -2.55. The van der Waals surface area contributed by atoms with Gasteiger partial charge in [-0.3, -0.25) is 0 Å². The molecule has 0 bridgehead atoms. The molecule has 0 radical (unpaired) electrons. The molecule has 0 saturated carbocycles. The predicted molar refractivity (Wildman–Crippen MR) is 137 cm³/mol. The van der Waals surface area contributed by atoms with Crippen LogP contribution >= 0.6 is 24.0 Å². The first-order valence-electron chi connectivity index (χ1n) is 10.3. The number of nitrogens with zero attached hydrogens (tertiary/aromatic N) is 4. The number of guanidine groups is 1. The summed E-state index contributed by atoms with van der Waals surface area (Å²) in [6.07, 6.45) is 3.85. The van der Waals surface area contributed by atoms with E-state index in [4.69, 9.17) is 9.73 Å². The lowest BCUT2D eigenvalue weighted by Gasteiger charge is -2.23. The van der Waals surface area contributed by atoms with E-state index in [9.17, 15) is 0 Å². The number of aromatic nitrogens is 2. The summed E-state index contributed by atoms with van der Waals surface area (Å²) in [6, 6.07) is 16.7. The van der Waals surface area contributed by atoms with Crippen LogP contribution in [0.4, 0.5) is 0 Å². The fraction of sp³-hybridized carbons (Fsp3) is 0.333. The van der Waals surface area contributed by atoms with Gasteiger partial charge in [0.1, 0.15) is 11.6 Å². The Kier molecular flexibility index (Phi) is 9.84. The maximum absolute atomic E-state index is 5.49. The van der Waals surface area contributed by atoms with Crippen LogP contribution in [0.5, 0.6) is 5.75 Å². The Morgan fingerprint density at radius 2 is 1.94 bits per heavy atom. The molecule has 7 heteroatoms. The third-order valence-corrected chi connectivity index (χ3v) is 4.98. The third kappa shape index (κ3) is 6.99. The summed E-state index contributed by atoms with van der Waals surface area (Å²) in [7, 11) is 3.75. The summed E-state index contributed by atoms with van der Waals surface area (Å²) in [5.74, 6) is 2.78. The average Bonchev–Trinajstić information content (AvgIpc) is 3.16. The molecule has 31 heavy (non-hydrogen) atoms. The van der Waals surface area contributed by atoms with E-state index in [2.05, 4.69) is 57.0 Å². The topological polar surface area (TPSA) is 54.7 Å². The molecule has 0 aliphatic heterocycles. The highest BCUT2D eigenvalue weighted by molar-refractivity contribution is 14.0. The van der Waals surface area contributed by atoms with Crippen molar-refractivity contribution < 1.29 is 4.74 Å². The fourth-order valence-electron chi connectivity index (χ4n) is 3.39. The van der Waals surface area contributed by atoms with Crippen LogP contribution in [0.2, 0.25) is 0 Å². The molecule has 3 rings (SSSR count). The van der Waals surface area contributed by atoms with Crippen molar-refractivity contribution >= 4 is 29.9 Å². The van der Waals surface area contributed by atoms with Crippen LogP contribution in [-0.2, 0) is 19.6 Å². The van der Waals surface area contributed by atoms with Gasteiger partial charge in [-0.05, 0) is 31.0 Å². The first-order valence-corrected chi connectivity index (χ1v) is 10.3. The van der Waals surface area contributed by atoms with E-state index in [0.29, 0.717) is 6.54 Å².